The second kappa shape index (κ2) is 9.55. The van der Waals surface area contributed by atoms with Crippen molar-refractivity contribution in [2.24, 2.45) is 0 Å². The largest absolute Gasteiger partial charge is 0.476 e. The first-order valence-corrected chi connectivity index (χ1v) is 10.5. The lowest BCUT2D eigenvalue weighted by Crippen LogP contribution is -2.48. The lowest BCUT2D eigenvalue weighted by molar-refractivity contribution is -0.137. The molecule has 3 rings (SSSR count). The highest BCUT2D eigenvalue weighted by Gasteiger charge is 2.41. The van der Waals surface area contributed by atoms with Gasteiger partial charge in [-0.15, -0.1) is 0 Å². The zero-order chi connectivity index (χ0) is 26.1. The first-order chi connectivity index (χ1) is 16.2. The number of aromatic nitrogens is 2. The summed E-state index contributed by atoms with van der Waals surface area (Å²) in [6, 6.07) is 3.90. The molecule has 1 aliphatic heterocycles. The number of amides is 2. The highest BCUT2D eigenvalue weighted by molar-refractivity contribution is 5.87. The number of carbonyl (C=O) groups excluding carboxylic acids is 2. The van der Waals surface area contributed by atoms with Gasteiger partial charge in [0.1, 0.15) is 17.9 Å². The van der Waals surface area contributed by atoms with Gasteiger partial charge in [0.15, 0.2) is 5.69 Å². The van der Waals surface area contributed by atoms with E-state index >= 15 is 0 Å². The van der Waals surface area contributed by atoms with Gasteiger partial charge in [0, 0.05) is 18.2 Å². The van der Waals surface area contributed by atoms with Gasteiger partial charge >= 0.3 is 18.2 Å². The predicted octanol–water partition coefficient (Wildman–Crippen LogP) is 3.85. The van der Waals surface area contributed by atoms with E-state index in [0.29, 0.717) is 6.41 Å². The fourth-order valence-electron chi connectivity index (χ4n) is 3.65. The summed E-state index contributed by atoms with van der Waals surface area (Å²) in [4.78, 5) is 38.3. The van der Waals surface area contributed by atoms with Gasteiger partial charge in [-0.2, -0.15) is 18.3 Å². The summed E-state index contributed by atoms with van der Waals surface area (Å²) in [5.41, 5.74) is -2.00. The molecular weight excluding hydrogens is 476 g/mol. The SMILES string of the molecule is CC(C)(C)OC(=O)N1C[C@H](F)C[C@H]1N(C=O)Cc1cn(-c2ccc(C(F)(F)F)cc2)nc1C(=O)O. The van der Waals surface area contributed by atoms with Crippen molar-refractivity contribution >= 4 is 18.5 Å². The minimum Gasteiger partial charge on any atom is -0.476 e. The number of hydrogen-bond donors (Lipinski definition) is 1. The van der Waals surface area contributed by atoms with Gasteiger partial charge < -0.3 is 14.7 Å². The highest BCUT2D eigenvalue weighted by atomic mass is 19.4. The molecule has 1 aromatic carbocycles. The molecule has 1 fully saturated rings. The maximum Gasteiger partial charge on any atom is 0.416 e. The molecule has 0 saturated carbocycles. The van der Waals surface area contributed by atoms with Crippen LogP contribution in [0.25, 0.3) is 5.69 Å². The van der Waals surface area contributed by atoms with Gasteiger partial charge in [-0.25, -0.2) is 18.7 Å². The van der Waals surface area contributed by atoms with Crippen LogP contribution in [0.1, 0.15) is 48.8 Å². The van der Waals surface area contributed by atoms with Crippen LogP contribution in [0.4, 0.5) is 22.4 Å². The molecule has 0 aliphatic carbocycles. The molecule has 1 N–H and O–H groups in total. The smallest absolute Gasteiger partial charge is 0.416 e. The van der Waals surface area contributed by atoms with Crippen molar-refractivity contribution in [3.8, 4) is 5.69 Å². The number of carbonyl (C=O) groups is 3. The minimum atomic E-state index is -4.54. The summed E-state index contributed by atoms with van der Waals surface area (Å²) in [7, 11) is 0. The molecule has 1 aliphatic rings. The Labute approximate surface area is 197 Å². The second-order valence-corrected chi connectivity index (χ2v) is 9.02. The molecule has 0 radical (unpaired) electrons. The lowest BCUT2D eigenvalue weighted by Gasteiger charge is -2.33. The third kappa shape index (κ3) is 6.08. The molecule has 2 atom stereocenters. The zero-order valence-electron chi connectivity index (χ0n) is 19.1. The van der Waals surface area contributed by atoms with E-state index < -0.39 is 47.4 Å². The molecule has 2 aromatic rings. The molecule has 2 heterocycles. The zero-order valence-corrected chi connectivity index (χ0v) is 19.1. The summed E-state index contributed by atoms with van der Waals surface area (Å²) < 4.78 is 59.1. The second-order valence-electron chi connectivity index (χ2n) is 9.02. The minimum absolute atomic E-state index is 0.0379. The molecular formula is C22H24F4N4O5. The Morgan fingerprint density at radius 3 is 2.37 bits per heavy atom. The van der Waals surface area contributed by atoms with E-state index in [4.69, 9.17) is 4.74 Å². The molecule has 1 saturated heterocycles. The van der Waals surface area contributed by atoms with Crippen LogP contribution in [0.2, 0.25) is 0 Å². The Kier molecular flexibility index (Phi) is 7.08. The van der Waals surface area contributed by atoms with Crippen molar-refractivity contribution in [2.75, 3.05) is 6.54 Å². The van der Waals surface area contributed by atoms with Crippen molar-refractivity contribution < 1.29 is 41.8 Å². The highest BCUT2D eigenvalue weighted by Crippen LogP contribution is 2.30. The van der Waals surface area contributed by atoms with Crippen LogP contribution in [0, 0.1) is 0 Å². The quantitative estimate of drug-likeness (QED) is 0.477. The number of rotatable bonds is 6. The number of aromatic carboxylic acids is 1. The summed E-state index contributed by atoms with van der Waals surface area (Å²) in [5, 5.41) is 13.5. The van der Waals surface area contributed by atoms with Gasteiger partial charge in [-0.3, -0.25) is 9.69 Å². The number of ether oxygens (including phenoxy) is 1. The topological polar surface area (TPSA) is 105 Å². The number of likely N-dealkylation sites (tertiary alicyclic amines) is 1. The van der Waals surface area contributed by atoms with Crippen molar-refractivity contribution in [1.82, 2.24) is 19.6 Å². The molecule has 2 amide bonds. The first-order valence-electron chi connectivity index (χ1n) is 10.5. The lowest BCUT2D eigenvalue weighted by atomic mass is 10.2. The van der Waals surface area contributed by atoms with Crippen LogP contribution in [-0.2, 0) is 22.3 Å². The Hall–Kier alpha value is -3.64. The van der Waals surface area contributed by atoms with Crippen LogP contribution in [0.5, 0.6) is 0 Å². The van der Waals surface area contributed by atoms with Crippen molar-refractivity contribution in [2.45, 2.75) is 57.9 Å². The van der Waals surface area contributed by atoms with Gasteiger partial charge in [-0.1, -0.05) is 0 Å². The van der Waals surface area contributed by atoms with Crippen LogP contribution in [-0.4, -0.2) is 67.6 Å². The predicted molar refractivity (Wildman–Crippen MR) is 113 cm³/mol. The number of nitrogens with zero attached hydrogens (tertiary/aromatic N) is 4. The number of halogens is 4. The molecule has 0 bridgehead atoms. The summed E-state index contributed by atoms with van der Waals surface area (Å²) >= 11 is 0. The van der Waals surface area contributed by atoms with Crippen molar-refractivity contribution in [3.05, 3.63) is 47.3 Å². The first kappa shape index (κ1) is 26.0. The maximum atomic E-state index is 14.2. The van der Waals surface area contributed by atoms with E-state index in [2.05, 4.69) is 5.10 Å². The van der Waals surface area contributed by atoms with Crippen LogP contribution >= 0.6 is 0 Å². The Balaban J connectivity index is 1.88. The number of alkyl halides is 4. The van der Waals surface area contributed by atoms with Crippen LogP contribution in [0.15, 0.2) is 30.5 Å². The van der Waals surface area contributed by atoms with Gasteiger partial charge in [0.2, 0.25) is 6.41 Å². The van der Waals surface area contributed by atoms with Gasteiger partial charge in [0.25, 0.3) is 0 Å². The van der Waals surface area contributed by atoms with E-state index in [1.165, 1.54) is 6.20 Å². The molecule has 13 heteroatoms. The maximum absolute atomic E-state index is 14.2. The molecule has 0 spiro atoms. The monoisotopic (exact) mass is 500 g/mol. The number of carboxylic acids is 1. The van der Waals surface area contributed by atoms with Crippen molar-refractivity contribution in [3.63, 3.8) is 0 Å². The van der Waals surface area contributed by atoms with E-state index in [9.17, 15) is 37.1 Å². The van der Waals surface area contributed by atoms with Crippen LogP contribution in [0.3, 0.4) is 0 Å². The molecule has 190 valence electrons. The summed E-state index contributed by atoms with van der Waals surface area (Å²) in [5.74, 6) is -1.43. The Bertz CT molecular complexity index is 1090. The number of benzene rings is 1. The Morgan fingerprint density at radius 2 is 1.86 bits per heavy atom. The van der Waals surface area contributed by atoms with Crippen LogP contribution < -0.4 is 0 Å². The Morgan fingerprint density at radius 1 is 1.23 bits per heavy atom. The van der Waals surface area contributed by atoms with Gasteiger partial charge in [-0.05, 0) is 45.0 Å². The number of hydrogen-bond acceptors (Lipinski definition) is 5. The van der Waals surface area contributed by atoms with Gasteiger partial charge in [0.05, 0.1) is 24.3 Å². The molecule has 1 aromatic heterocycles. The number of carboxylic acid groups (broad SMARTS) is 1. The van der Waals surface area contributed by atoms with E-state index in [1.54, 1.807) is 20.8 Å². The summed E-state index contributed by atoms with van der Waals surface area (Å²) in [6.07, 6.45) is -6.41. The van der Waals surface area contributed by atoms with E-state index in [0.717, 1.165) is 38.7 Å². The molecule has 35 heavy (non-hydrogen) atoms. The summed E-state index contributed by atoms with van der Waals surface area (Å²) in [6.45, 7) is 4.25. The normalized spacial score (nSPS) is 18.4. The fraction of sp³-hybridized carbons (Fsp3) is 0.455. The molecule has 0 unspecified atom stereocenters. The average molecular weight is 500 g/mol. The fourth-order valence-corrected chi connectivity index (χ4v) is 3.65. The van der Waals surface area contributed by atoms with E-state index in [-0.39, 0.29) is 30.8 Å². The van der Waals surface area contributed by atoms with Crippen molar-refractivity contribution in [1.29, 1.82) is 0 Å². The molecule has 9 nitrogen and oxygen atoms in total. The third-order valence-electron chi connectivity index (χ3n) is 5.17. The average Bonchev–Trinajstić information content (AvgIpc) is 3.34. The standard InChI is InChI=1S/C22H24F4N4O5/c1-21(2,3)35-20(34)29-11-15(23)8-17(29)28(12-31)9-13-10-30(27-18(13)19(32)33)16-6-4-14(5-7-16)22(24,25)26/h4-7,10,12,15,17H,8-9,11H2,1-3H3,(H,32,33)/t15-,17+/m1/s1. The third-order valence-corrected chi connectivity index (χ3v) is 5.17. The van der Waals surface area contributed by atoms with E-state index in [1.807, 2.05) is 0 Å².